The van der Waals surface area contributed by atoms with Crippen molar-refractivity contribution in [3.63, 3.8) is 0 Å². The van der Waals surface area contributed by atoms with E-state index in [0.717, 1.165) is 35.4 Å². The summed E-state index contributed by atoms with van der Waals surface area (Å²) in [5.74, 6) is -0.599. The zero-order chi connectivity index (χ0) is 13.6. The Morgan fingerprint density at radius 1 is 1.20 bits per heavy atom. The Bertz CT molecular complexity index is 702. The number of nitrogens with zero attached hydrogens (tertiary/aromatic N) is 1. The molecule has 1 spiro atoms. The lowest BCUT2D eigenvalue weighted by atomic mass is 9.89. The van der Waals surface area contributed by atoms with Crippen LogP contribution in [0, 0.1) is 5.82 Å². The number of fused-ring (bicyclic) bond motifs is 1. The molecule has 0 unspecified atom stereocenters. The maximum Gasteiger partial charge on any atom is 0.172 e. The Morgan fingerprint density at radius 2 is 2.05 bits per heavy atom. The van der Waals surface area contributed by atoms with E-state index in [2.05, 4.69) is 11.1 Å². The third-order valence-corrected chi connectivity index (χ3v) is 4.33. The summed E-state index contributed by atoms with van der Waals surface area (Å²) < 4.78 is 24.9. The van der Waals surface area contributed by atoms with Gasteiger partial charge in [-0.05, 0) is 35.8 Å². The van der Waals surface area contributed by atoms with Gasteiger partial charge in [-0.15, -0.1) is 0 Å². The second-order valence-corrected chi connectivity index (χ2v) is 5.50. The number of ether oxygens (including phenoxy) is 2. The average molecular weight is 273 g/mol. The van der Waals surface area contributed by atoms with Crippen LogP contribution in [0.3, 0.4) is 0 Å². The van der Waals surface area contributed by atoms with Crippen molar-refractivity contribution in [2.24, 2.45) is 4.99 Å². The predicted molar refractivity (Wildman–Crippen MR) is 72.0 cm³/mol. The highest BCUT2D eigenvalue weighted by Crippen LogP contribution is 2.37. The smallest absolute Gasteiger partial charge is 0.172 e. The van der Waals surface area contributed by atoms with Crippen LogP contribution in [0.5, 0.6) is 0 Å². The summed E-state index contributed by atoms with van der Waals surface area (Å²) in [5, 5.41) is 1.84. The van der Waals surface area contributed by atoms with E-state index >= 15 is 0 Å². The number of hydrogen-bond acceptors (Lipinski definition) is 3. The molecule has 4 heteroatoms. The minimum Gasteiger partial charge on any atom is -0.347 e. The first kappa shape index (κ1) is 12.2. The van der Waals surface area contributed by atoms with E-state index in [9.17, 15) is 4.39 Å². The third-order valence-electron chi connectivity index (χ3n) is 4.33. The van der Waals surface area contributed by atoms with Crippen molar-refractivity contribution in [3.05, 3.63) is 46.2 Å². The fourth-order valence-corrected chi connectivity index (χ4v) is 3.25. The minimum atomic E-state index is -0.398. The van der Waals surface area contributed by atoms with E-state index in [0.29, 0.717) is 19.8 Å². The van der Waals surface area contributed by atoms with Crippen molar-refractivity contribution in [3.8, 4) is 0 Å². The van der Waals surface area contributed by atoms with Gasteiger partial charge in [0.2, 0.25) is 0 Å². The second-order valence-electron chi connectivity index (χ2n) is 5.50. The molecule has 3 aliphatic rings. The van der Waals surface area contributed by atoms with Crippen molar-refractivity contribution < 1.29 is 13.9 Å². The first-order chi connectivity index (χ1) is 9.76. The molecule has 1 saturated heterocycles. The highest BCUT2D eigenvalue weighted by atomic mass is 19.1. The first-order valence-electron chi connectivity index (χ1n) is 7.06. The highest BCUT2D eigenvalue weighted by Gasteiger charge is 2.38. The van der Waals surface area contributed by atoms with Crippen LogP contribution >= 0.6 is 0 Å². The topological polar surface area (TPSA) is 30.8 Å². The molecule has 0 N–H and O–H groups in total. The molecule has 2 aliphatic heterocycles. The van der Waals surface area contributed by atoms with E-state index in [1.165, 1.54) is 11.6 Å². The van der Waals surface area contributed by atoms with Gasteiger partial charge in [-0.1, -0.05) is 6.08 Å². The summed E-state index contributed by atoms with van der Waals surface area (Å²) in [5.41, 5.74) is 2.43. The van der Waals surface area contributed by atoms with Crippen LogP contribution in [-0.2, 0) is 9.47 Å². The molecule has 4 rings (SSSR count). The fraction of sp³-hybridized carbons (Fsp3) is 0.438. The SMILES string of the molecule is Fc1ccc2c(c1)=C(C1=CCC3(CC1)OCCO3)CN=2. The lowest BCUT2D eigenvalue weighted by molar-refractivity contribution is -0.161. The zero-order valence-electron chi connectivity index (χ0n) is 11.2. The zero-order valence-corrected chi connectivity index (χ0v) is 11.2. The summed E-state index contributed by atoms with van der Waals surface area (Å²) >= 11 is 0. The van der Waals surface area contributed by atoms with Gasteiger partial charge in [0.25, 0.3) is 0 Å². The summed E-state index contributed by atoms with van der Waals surface area (Å²) in [6, 6.07) is 4.82. The van der Waals surface area contributed by atoms with E-state index in [4.69, 9.17) is 9.47 Å². The molecule has 1 aromatic carbocycles. The molecule has 0 amide bonds. The Kier molecular flexibility index (Phi) is 2.75. The molecule has 0 radical (unpaired) electrons. The summed E-state index contributed by atoms with van der Waals surface area (Å²) in [4.78, 5) is 4.48. The second kappa shape index (κ2) is 4.50. The van der Waals surface area contributed by atoms with Crippen molar-refractivity contribution in [2.75, 3.05) is 19.8 Å². The molecule has 1 fully saturated rings. The van der Waals surface area contributed by atoms with Crippen LogP contribution in [0.2, 0.25) is 0 Å². The van der Waals surface area contributed by atoms with Crippen molar-refractivity contribution in [1.82, 2.24) is 0 Å². The quantitative estimate of drug-likeness (QED) is 0.775. The van der Waals surface area contributed by atoms with E-state index in [1.54, 1.807) is 12.1 Å². The van der Waals surface area contributed by atoms with Crippen LogP contribution in [0.25, 0.3) is 5.57 Å². The van der Waals surface area contributed by atoms with E-state index in [1.807, 2.05) is 0 Å². The largest absolute Gasteiger partial charge is 0.347 e. The summed E-state index contributed by atoms with van der Waals surface area (Å²) in [7, 11) is 0. The average Bonchev–Trinajstić information content (AvgIpc) is 3.07. The van der Waals surface area contributed by atoms with Gasteiger partial charge >= 0.3 is 0 Å². The molecule has 2 heterocycles. The van der Waals surface area contributed by atoms with E-state index in [-0.39, 0.29) is 5.82 Å². The van der Waals surface area contributed by atoms with Gasteiger partial charge in [-0.25, -0.2) is 4.39 Å². The number of rotatable bonds is 1. The van der Waals surface area contributed by atoms with Gasteiger partial charge < -0.3 is 9.47 Å². The fourth-order valence-electron chi connectivity index (χ4n) is 3.25. The minimum absolute atomic E-state index is 0.200. The monoisotopic (exact) mass is 273 g/mol. The van der Waals surface area contributed by atoms with Gasteiger partial charge in [0.1, 0.15) is 5.82 Å². The Balaban J connectivity index is 1.71. The van der Waals surface area contributed by atoms with Crippen molar-refractivity contribution in [2.45, 2.75) is 25.0 Å². The maximum atomic E-state index is 13.4. The summed E-state index contributed by atoms with van der Waals surface area (Å²) in [6.45, 7) is 2.02. The predicted octanol–water partition coefficient (Wildman–Crippen LogP) is 1.46. The molecule has 3 nitrogen and oxygen atoms in total. The van der Waals surface area contributed by atoms with Gasteiger partial charge in [-0.2, -0.15) is 0 Å². The van der Waals surface area contributed by atoms with Gasteiger partial charge in [-0.3, -0.25) is 4.99 Å². The number of benzene rings is 1. The van der Waals surface area contributed by atoms with Crippen LogP contribution in [0.1, 0.15) is 19.3 Å². The van der Waals surface area contributed by atoms with Crippen LogP contribution in [0.15, 0.2) is 34.8 Å². The van der Waals surface area contributed by atoms with E-state index < -0.39 is 5.79 Å². The third kappa shape index (κ3) is 1.91. The Morgan fingerprint density at radius 3 is 2.80 bits per heavy atom. The molecule has 1 aliphatic carbocycles. The van der Waals surface area contributed by atoms with Gasteiger partial charge in [0, 0.05) is 18.1 Å². The molecule has 104 valence electrons. The van der Waals surface area contributed by atoms with Crippen LogP contribution in [-0.4, -0.2) is 25.5 Å². The standard InChI is InChI=1S/C16H16FNO2/c17-12-1-2-15-13(9-12)14(10-18-15)11-3-5-16(6-4-11)19-7-8-20-16/h1-3,9H,4-8,10H2. The van der Waals surface area contributed by atoms with Crippen LogP contribution in [0.4, 0.5) is 4.39 Å². The lowest BCUT2D eigenvalue weighted by Gasteiger charge is -2.30. The molecule has 0 saturated carbocycles. The van der Waals surface area contributed by atoms with Gasteiger partial charge in [0.15, 0.2) is 5.79 Å². The molecule has 0 bridgehead atoms. The molecule has 1 aromatic rings. The molecule has 20 heavy (non-hydrogen) atoms. The maximum absolute atomic E-state index is 13.4. The lowest BCUT2D eigenvalue weighted by Crippen LogP contribution is -2.32. The number of halogens is 1. The van der Waals surface area contributed by atoms with Crippen molar-refractivity contribution >= 4 is 5.57 Å². The van der Waals surface area contributed by atoms with Crippen LogP contribution < -0.4 is 10.6 Å². The normalized spacial score (nSPS) is 23.6. The highest BCUT2D eigenvalue weighted by molar-refractivity contribution is 5.67. The molecule has 0 atom stereocenters. The molecule has 0 aromatic heterocycles. The Labute approximate surface area is 116 Å². The van der Waals surface area contributed by atoms with Gasteiger partial charge in [0.05, 0.1) is 25.1 Å². The molecular weight excluding hydrogens is 257 g/mol. The first-order valence-corrected chi connectivity index (χ1v) is 7.06. The van der Waals surface area contributed by atoms with Crippen molar-refractivity contribution in [1.29, 1.82) is 0 Å². The Hall–Kier alpha value is -1.52. The molecular formula is C16H16FNO2. The number of hydrogen-bond donors (Lipinski definition) is 0. The summed E-state index contributed by atoms with van der Waals surface area (Å²) in [6.07, 6.45) is 4.73.